The third kappa shape index (κ3) is 5.48. The molecule has 0 aliphatic carbocycles. The molecule has 27 heavy (non-hydrogen) atoms. The smallest absolute Gasteiger partial charge is 0.224 e. The molecule has 0 aromatic heterocycles. The van der Waals surface area contributed by atoms with Crippen LogP contribution in [0.1, 0.15) is 36.0 Å². The fourth-order valence-electron chi connectivity index (χ4n) is 3.04. The number of carbonyl (C=O) groups excluding carboxylic acids is 1. The molecule has 3 aromatic rings. The third-order valence-corrected chi connectivity index (χ3v) is 5.74. The van der Waals surface area contributed by atoms with Gasteiger partial charge >= 0.3 is 0 Å². The molecule has 3 heteroatoms. The van der Waals surface area contributed by atoms with Gasteiger partial charge in [0, 0.05) is 21.9 Å². The highest BCUT2D eigenvalue weighted by molar-refractivity contribution is 7.99. The second-order valence-electron chi connectivity index (χ2n) is 6.96. The lowest BCUT2D eigenvalue weighted by Gasteiger charge is -2.12. The number of benzene rings is 3. The molecule has 138 valence electrons. The molecule has 0 fully saturated rings. The van der Waals surface area contributed by atoms with Gasteiger partial charge in [-0.3, -0.25) is 4.79 Å². The molecule has 3 rings (SSSR count). The summed E-state index contributed by atoms with van der Waals surface area (Å²) in [6.45, 7) is 6.33. The molecule has 0 saturated heterocycles. The Morgan fingerprint density at radius 2 is 1.67 bits per heavy atom. The molecule has 0 bridgehead atoms. The molecule has 1 amide bonds. The van der Waals surface area contributed by atoms with Gasteiger partial charge in [-0.25, -0.2) is 0 Å². The van der Waals surface area contributed by atoms with Gasteiger partial charge in [0.1, 0.15) is 0 Å². The first-order valence-corrected chi connectivity index (χ1v) is 10.0. The topological polar surface area (TPSA) is 29.1 Å². The van der Waals surface area contributed by atoms with Crippen molar-refractivity contribution in [3.8, 4) is 0 Å². The van der Waals surface area contributed by atoms with Gasteiger partial charge in [0.15, 0.2) is 0 Å². The van der Waals surface area contributed by atoms with Crippen LogP contribution in [0.15, 0.2) is 82.6 Å². The molecule has 0 aliphatic heterocycles. The Labute approximate surface area is 166 Å². The van der Waals surface area contributed by atoms with E-state index in [2.05, 4.69) is 68.6 Å². The van der Waals surface area contributed by atoms with E-state index in [4.69, 9.17) is 0 Å². The molecule has 3 aromatic carbocycles. The molecular weight excluding hydrogens is 350 g/mol. The molecule has 0 aliphatic rings. The van der Waals surface area contributed by atoms with Crippen molar-refractivity contribution in [1.29, 1.82) is 0 Å². The molecular formula is C24H25NOS. The molecule has 0 radical (unpaired) electrons. The number of carbonyl (C=O) groups is 1. The van der Waals surface area contributed by atoms with Crippen molar-refractivity contribution >= 4 is 23.4 Å². The minimum absolute atomic E-state index is 0.0427. The summed E-state index contributed by atoms with van der Waals surface area (Å²) in [6, 6.07) is 24.7. The van der Waals surface area contributed by atoms with Crippen molar-refractivity contribution < 1.29 is 4.79 Å². The Hall–Kier alpha value is -2.52. The number of anilines is 1. The Kier molecular flexibility index (Phi) is 6.36. The minimum Gasteiger partial charge on any atom is -0.326 e. The number of hydrogen-bond donors (Lipinski definition) is 1. The van der Waals surface area contributed by atoms with E-state index in [9.17, 15) is 4.79 Å². The first-order valence-electron chi connectivity index (χ1n) is 9.21. The maximum Gasteiger partial charge on any atom is 0.224 e. The van der Waals surface area contributed by atoms with E-state index in [-0.39, 0.29) is 11.8 Å². The van der Waals surface area contributed by atoms with Crippen molar-refractivity contribution in [1.82, 2.24) is 0 Å². The second-order valence-corrected chi connectivity index (χ2v) is 8.07. The Morgan fingerprint density at radius 1 is 0.963 bits per heavy atom. The second kappa shape index (κ2) is 8.92. The zero-order valence-electron chi connectivity index (χ0n) is 16.0. The Bertz CT molecular complexity index is 903. The van der Waals surface area contributed by atoms with Gasteiger partial charge in [-0.05, 0) is 61.2 Å². The third-order valence-electron chi connectivity index (χ3n) is 4.56. The summed E-state index contributed by atoms with van der Waals surface area (Å²) >= 11 is 1.75. The average molecular weight is 376 g/mol. The zero-order chi connectivity index (χ0) is 19.2. The Morgan fingerprint density at radius 3 is 2.33 bits per heavy atom. The van der Waals surface area contributed by atoms with Crippen LogP contribution >= 0.6 is 11.8 Å². The van der Waals surface area contributed by atoms with Gasteiger partial charge in [0.2, 0.25) is 5.91 Å². The predicted octanol–water partition coefficient (Wildman–Crippen LogP) is 6.59. The normalized spacial score (nSPS) is 11.8. The van der Waals surface area contributed by atoms with E-state index in [0.29, 0.717) is 6.42 Å². The van der Waals surface area contributed by atoms with Gasteiger partial charge in [0.25, 0.3) is 0 Å². The fraction of sp³-hybridized carbons (Fsp3) is 0.208. The summed E-state index contributed by atoms with van der Waals surface area (Å²) in [5, 5.41) is 3.00. The molecule has 0 heterocycles. The molecule has 1 atom stereocenters. The van der Waals surface area contributed by atoms with Crippen molar-refractivity contribution in [3.63, 3.8) is 0 Å². The van der Waals surface area contributed by atoms with E-state index in [1.807, 2.05) is 30.3 Å². The van der Waals surface area contributed by atoms with Crippen molar-refractivity contribution in [2.45, 2.75) is 42.9 Å². The van der Waals surface area contributed by atoms with Crippen LogP contribution in [-0.4, -0.2) is 5.91 Å². The van der Waals surface area contributed by atoms with Crippen molar-refractivity contribution in [3.05, 3.63) is 89.5 Å². The average Bonchev–Trinajstić information content (AvgIpc) is 2.66. The summed E-state index contributed by atoms with van der Waals surface area (Å²) in [6.07, 6.45) is 0.475. The van der Waals surface area contributed by atoms with E-state index in [0.717, 1.165) is 10.6 Å². The maximum absolute atomic E-state index is 12.3. The number of aryl methyl sites for hydroxylation is 2. The van der Waals surface area contributed by atoms with Gasteiger partial charge < -0.3 is 5.32 Å². The highest BCUT2D eigenvalue weighted by Gasteiger charge is 2.11. The number of amides is 1. The van der Waals surface area contributed by atoms with Crippen LogP contribution in [0.4, 0.5) is 5.69 Å². The Balaban J connectivity index is 1.58. The lowest BCUT2D eigenvalue weighted by atomic mass is 9.97. The number of rotatable bonds is 6. The predicted molar refractivity (Wildman–Crippen MR) is 115 cm³/mol. The number of hydrogen-bond acceptors (Lipinski definition) is 2. The van der Waals surface area contributed by atoms with Gasteiger partial charge in [-0.15, -0.1) is 0 Å². The van der Waals surface area contributed by atoms with Gasteiger partial charge in [-0.2, -0.15) is 0 Å². The van der Waals surface area contributed by atoms with E-state index in [1.165, 1.54) is 21.6 Å². The largest absolute Gasteiger partial charge is 0.326 e. The van der Waals surface area contributed by atoms with Crippen LogP contribution < -0.4 is 5.32 Å². The number of nitrogens with one attached hydrogen (secondary N) is 1. The maximum atomic E-state index is 12.3. The van der Waals surface area contributed by atoms with E-state index >= 15 is 0 Å². The summed E-state index contributed by atoms with van der Waals surface area (Å²) in [5.41, 5.74) is 4.59. The summed E-state index contributed by atoms with van der Waals surface area (Å²) < 4.78 is 0. The standard InChI is InChI=1S/C24H25NOS/c1-17-9-14-23(19(3)15-17)27-22-12-10-21(11-13-22)25-24(26)16-18(2)20-7-5-4-6-8-20/h4-15,18H,16H2,1-3H3,(H,25,26)/t18-/m0/s1. The van der Waals surface area contributed by atoms with Gasteiger partial charge in [0.05, 0.1) is 0 Å². The van der Waals surface area contributed by atoms with Crippen LogP contribution in [-0.2, 0) is 4.79 Å². The van der Waals surface area contributed by atoms with Crippen molar-refractivity contribution in [2.75, 3.05) is 5.32 Å². The molecule has 0 saturated carbocycles. The summed E-state index contributed by atoms with van der Waals surface area (Å²) in [5.74, 6) is 0.242. The highest BCUT2D eigenvalue weighted by atomic mass is 32.2. The first kappa shape index (κ1) is 19.2. The van der Waals surface area contributed by atoms with Crippen LogP contribution in [0.25, 0.3) is 0 Å². The van der Waals surface area contributed by atoms with Crippen LogP contribution in [0.3, 0.4) is 0 Å². The van der Waals surface area contributed by atoms with Crippen LogP contribution in [0, 0.1) is 13.8 Å². The van der Waals surface area contributed by atoms with E-state index in [1.54, 1.807) is 11.8 Å². The first-order chi connectivity index (χ1) is 13.0. The molecule has 0 unspecified atom stereocenters. The molecule has 0 spiro atoms. The monoisotopic (exact) mass is 375 g/mol. The zero-order valence-corrected chi connectivity index (χ0v) is 16.8. The van der Waals surface area contributed by atoms with E-state index < -0.39 is 0 Å². The lowest BCUT2D eigenvalue weighted by Crippen LogP contribution is -2.14. The van der Waals surface area contributed by atoms with Crippen LogP contribution in [0.2, 0.25) is 0 Å². The fourth-order valence-corrected chi connectivity index (χ4v) is 3.92. The minimum atomic E-state index is 0.0427. The van der Waals surface area contributed by atoms with Crippen molar-refractivity contribution in [2.24, 2.45) is 0 Å². The summed E-state index contributed by atoms with van der Waals surface area (Å²) in [7, 11) is 0. The molecule has 1 N–H and O–H groups in total. The SMILES string of the molecule is Cc1ccc(Sc2ccc(NC(=O)C[C@H](C)c3ccccc3)cc2)c(C)c1. The molecule has 2 nitrogen and oxygen atoms in total. The lowest BCUT2D eigenvalue weighted by molar-refractivity contribution is -0.116. The quantitative estimate of drug-likeness (QED) is 0.527. The summed E-state index contributed by atoms with van der Waals surface area (Å²) in [4.78, 5) is 14.8. The highest BCUT2D eigenvalue weighted by Crippen LogP contribution is 2.31. The van der Waals surface area contributed by atoms with Crippen LogP contribution in [0.5, 0.6) is 0 Å². The van der Waals surface area contributed by atoms with Gasteiger partial charge in [-0.1, -0.05) is 66.7 Å².